The lowest BCUT2D eigenvalue weighted by Crippen LogP contribution is -2.27. The lowest BCUT2D eigenvalue weighted by Gasteiger charge is -2.27. The topological polar surface area (TPSA) is 20.2 Å². The Morgan fingerprint density at radius 2 is 1.72 bits per heavy atom. The van der Waals surface area contributed by atoms with Gasteiger partial charge in [0, 0.05) is 6.42 Å². The Hall–Kier alpha value is -0.960. The number of hydrogen-bond acceptors (Lipinski definition) is 1. The van der Waals surface area contributed by atoms with Crippen LogP contribution in [0.15, 0.2) is 24.3 Å². The van der Waals surface area contributed by atoms with Crippen LogP contribution in [-0.2, 0) is 5.60 Å². The van der Waals surface area contributed by atoms with E-state index in [0.717, 1.165) is 6.42 Å². The molecule has 0 heterocycles. The molecule has 0 aliphatic carbocycles. The monoisotopic (exact) mass is 256 g/mol. The van der Waals surface area contributed by atoms with Gasteiger partial charge < -0.3 is 5.11 Å². The first-order chi connectivity index (χ1) is 8.42. The summed E-state index contributed by atoms with van der Waals surface area (Å²) in [6.45, 7) is 5.96. The lowest BCUT2D eigenvalue weighted by molar-refractivity contribution is -0.0295. The first-order valence-electron chi connectivity index (χ1n) is 6.54. The molecule has 1 rings (SSSR count). The van der Waals surface area contributed by atoms with Gasteiger partial charge in [-0.05, 0) is 29.9 Å². The number of alkyl halides is 2. The van der Waals surface area contributed by atoms with Crippen molar-refractivity contribution >= 4 is 0 Å². The molecular formula is C15H22F2O. The van der Waals surface area contributed by atoms with Crippen LogP contribution in [0.1, 0.15) is 57.1 Å². The molecule has 0 amide bonds. The molecule has 0 bridgehead atoms. The van der Waals surface area contributed by atoms with Crippen LogP contribution in [0, 0.1) is 0 Å². The fraction of sp³-hybridized carbons (Fsp3) is 0.600. The Morgan fingerprint density at radius 3 is 2.11 bits per heavy atom. The van der Waals surface area contributed by atoms with E-state index >= 15 is 0 Å². The fourth-order valence-electron chi connectivity index (χ4n) is 2.08. The Labute approximate surface area is 108 Å². The average Bonchev–Trinajstić information content (AvgIpc) is 2.37. The van der Waals surface area contributed by atoms with Crippen molar-refractivity contribution in [3.8, 4) is 0 Å². The van der Waals surface area contributed by atoms with Gasteiger partial charge in [0.25, 0.3) is 0 Å². The number of aliphatic hydroxyl groups is 1. The highest BCUT2D eigenvalue weighted by Gasteiger charge is 2.30. The van der Waals surface area contributed by atoms with Crippen molar-refractivity contribution in [3.63, 3.8) is 0 Å². The summed E-state index contributed by atoms with van der Waals surface area (Å²) in [7, 11) is 0. The smallest absolute Gasteiger partial charge is 0.241 e. The van der Waals surface area contributed by atoms with Crippen LogP contribution < -0.4 is 0 Å². The van der Waals surface area contributed by atoms with E-state index in [-0.39, 0.29) is 0 Å². The highest BCUT2D eigenvalue weighted by atomic mass is 19.3. The summed E-state index contributed by atoms with van der Waals surface area (Å²) in [6.07, 6.45) is -1.68. The van der Waals surface area contributed by atoms with Gasteiger partial charge >= 0.3 is 0 Å². The van der Waals surface area contributed by atoms with Crippen molar-refractivity contribution in [1.82, 2.24) is 0 Å². The van der Waals surface area contributed by atoms with Gasteiger partial charge in [-0.15, -0.1) is 0 Å². The van der Waals surface area contributed by atoms with Gasteiger partial charge in [0.2, 0.25) is 6.43 Å². The second-order valence-corrected chi connectivity index (χ2v) is 4.91. The molecule has 1 aromatic carbocycles. The van der Waals surface area contributed by atoms with Crippen molar-refractivity contribution < 1.29 is 13.9 Å². The molecule has 0 saturated carbocycles. The van der Waals surface area contributed by atoms with Crippen LogP contribution in [0.4, 0.5) is 8.78 Å². The molecule has 1 N–H and O–H groups in total. The Morgan fingerprint density at radius 1 is 1.17 bits per heavy atom. The molecule has 0 radical (unpaired) electrons. The van der Waals surface area contributed by atoms with Crippen molar-refractivity contribution in [2.45, 2.75) is 58.0 Å². The largest absolute Gasteiger partial charge is 0.385 e. The summed E-state index contributed by atoms with van der Waals surface area (Å²) < 4.78 is 25.0. The van der Waals surface area contributed by atoms with Gasteiger partial charge in [-0.25, -0.2) is 8.78 Å². The molecule has 0 aromatic heterocycles. The quantitative estimate of drug-likeness (QED) is 0.797. The SMILES string of the molecule is CCC(C)c1ccc(C(O)(CC)CC(F)F)cc1. The number of hydrogen-bond donors (Lipinski definition) is 1. The molecule has 0 spiro atoms. The van der Waals surface area contributed by atoms with E-state index < -0.39 is 18.4 Å². The summed E-state index contributed by atoms with van der Waals surface area (Å²) in [5.41, 5.74) is 0.344. The van der Waals surface area contributed by atoms with E-state index in [1.807, 2.05) is 12.1 Å². The summed E-state index contributed by atoms with van der Waals surface area (Å²) in [6, 6.07) is 7.39. The molecule has 0 aliphatic heterocycles. The fourth-order valence-corrected chi connectivity index (χ4v) is 2.08. The molecule has 0 fully saturated rings. The summed E-state index contributed by atoms with van der Waals surface area (Å²) in [5, 5.41) is 10.3. The van der Waals surface area contributed by atoms with Crippen LogP contribution >= 0.6 is 0 Å². The van der Waals surface area contributed by atoms with Crippen LogP contribution in [-0.4, -0.2) is 11.5 Å². The minimum absolute atomic E-state index is 0.292. The van der Waals surface area contributed by atoms with Gasteiger partial charge in [-0.1, -0.05) is 45.0 Å². The number of benzene rings is 1. The lowest BCUT2D eigenvalue weighted by atomic mass is 9.86. The molecule has 2 atom stereocenters. The van der Waals surface area contributed by atoms with Crippen LogP contribution in [0.25, 0.3) is 0 Å². The van der Waals surface area contributed by atoms with Crippen LogP contribution in [0.3, 0.4) is 0 Å². The van der Waals surface area contributed by atoms with Gasteiger partial charge in [0.1, 0.15) is 0 Å². The van der Waals surface area contributed by atoms with E-state index in [1.54, 1.807) is 19.1 Å². The molecule has 3 heteroatoms. The second-order valence-electron chi connectivity index (χ2n) is 4.91. The maximum atomic E-state index is 12.5. The minimum Gasteiger partial charge on any atom is -0.385 e. The van der Waals surface area contributed by atoms with Crippen molar-refractivity contribution in [1.29, 1.82) is 0 Å². The van der Waals surface area contributed by atoms with E-state index in [0.29, 0.717) is 17.9 Å². The molecule has 2 unspecified atom stereocenters. The first-order valence-corrected chi connectivity index (χ1v) is 6.54. The van der Waals surface area contributed by atoms with E-state index in [4.69, 9.17) is 0 Å². The Balaban J connectivity index is 2.94. The van der Waals surface area contributed by atoms with Crippen molar-refractivity contribution in [3.05, 3.63) is 35.4 Å². The minimum atomic E-state index is -2.50. The van der Waals surface area contributed by atoms with E-state index in [1.165, 1.54) is 5.56 Å². The van der Waals surface area contributed by atoms with Gasteiger partial charge in [0.05, 0.1) is 5.60 Å². The zero-order chi connectivity index (χ0) is 13.8. The van der Waals surface area contributed by atoms with E-state index in [2.05, 4.69) is 13.8 Å². The third kappa shape index (κ3) is 3.52. The molecule has 1 nitrogen and oxygen atoms in total. The normalized spacial score (nSPS) is 16.6. The third-order valence-corrected chi connectivity index (χ3v) is 3.71. The average molecular weight is 256 g/mol. The third-order valence-electron chi connectivity index (χ3n) is 3.71. The Kier molecular flexibility index (Phi) is 5.27. The standard InChI is InChI=1S/C15H22F2O/c1-4-11(3)12-6-8-13(9-7-12)15(18,5-2)10-14(16)17/h6-9,11,14,18H,4-5,10H2,1-3H3. The molecular weight excluding hydrogens is 234 g/mol. The van der Waals surface area contributed by atoms with Crippen molar-refractivity contribution in [2.24, 2.45) is 0 Å². The first kappa shape index (κ1) is 15.1. The van der Waals surface area contributed by atoms with Gasteiger partial charge in [0.15, 0.2) is 0 Å². The zero-order valence-electron chi connectivity index (χ0n) is 11.3. The maximum absolute atomic E-state index is 12.5. The van der Waals surface area contributed by atoms with Gasteiger partial charge in [-0.3, -0.25) is 0 Å². The van der Waals surface area contributed by atoms with E-state index in [9.17, 15) is 13.9 Å². The van der Waals surface area contributed by atoms with Crippen molar-refractivity contribution in [2.75, 3.05) is 0 Å². The van der Waals surface area contributed by atoms with Crippen LogP contribution in [0.2, 0.25) is 0 Å². The zero-order valence-corrected chi connectivity index (χ0v) is 11.3. The summed E-state index contributed by atoms with van der Waals surface area (Å²) >= 11 is 0. The molecule has 0 aliphatic rings. The predicted molar refractivity (Wildman–Crippen MR) is 70.0 cm³/mol. The molecule has 18 heavy (non-hydrogen) atoms. The number of rotatable bonds is 6. The van der Waals surface area contributed by atoms with Gasteiger partial charge in [-0.2, -0.15) is 0 Å². The summed E-state index contributed by atoms with van der Waals surface area (Å²) in [5.74, 6) is 0.448. The highest BCUT2D eigenvalue weighted by Crippen LogP contribution is 2.32. The maximum Gasteiger partial charge on any atom is 0.241 e. The molecule has 1 aromatic rings. The molecule has 0 saturated heterocycles. The molecule has 102 valence electrons. The second kappa shape index (κ2) is 6.28. The number of halogens is 2. The summed E-state index contributed by atoms with van der Waals surface area (Å²) in [4.78, 5) is 0. The van der Waals surface area contributed by atoms with Crippen LogP contribution in [0.5, 0.6) is 0 Å². The highest BCUT2D eigenvalue weighted by molar-refractivity contribution is 5.29. The predicted octanol–water partition coefficient (Wildman–Crippen LogP) is 4.45. The Bertz CT molecular complexity index is 361.